The van der Waals surface area contributed by atoms with E-state index < -0.39 is 5.54 Å². The van der Waals surface area contributed by atoms with Crippen molar-refractivity contribution in [3.8, 4) is 6.07 Å². The standard InChI is InChI=1S/C20H19N3O2/c21-15-20(11-12-20)22-18(24)14-23(13-16-7-3-1-4-8-16)19(25)17-9-5-2-6-10-17/h1-10H,11-14H2,(H,22,24). The lowest BCUT2D eigenvalue weighted by Gasteiger charge is -2.23. The summed E-state index contributed by atoms with van der Waals surface area (Å²) in [7, 11) is 0. The lowest BCUT2D eigenvalue weighted by atomic mass is 10.1. The van der Waals surface area contributed by atoms with Crippen LogP contribution in [0.2, 0.25) is 0 Å². The molecule has 0 spiro atoms. The van der Waals surface area contributed by atoms with Crippen LogP contribution in [0.5, 0.6) is 0 Å². The number of nitriles is 1. The van der Waals surface area contributed by atoms with Gasteiger partial charge in [-0.15, -0.1) is 0 Å². The molecule has 0 heterocycles. The van der Waals surface area contributed by atoms with Crippen molar-refractivity contribution in [2.45, 2.75) is 24.9 Å². The summed E-state index contributed by atoms with van der Waals surface area (Å²) in [5.74, 6) is -0.513. The molecule has 2 aromatic carbocycles. The summed E-state index contributed by atoms with van der Waals surface area (Å²) in [6.07, 6.45) is 1.33. The fourth-order valence-electron chi connectivity index (χ4n) is 2.64. The van der Waals surface area contributed by atoms with Gasteiger partial charge in [0.05, 0.1) is 6.07 Å². The molecule has 0 radical (unpaired) electrons. The third kappa shape index (κ3) is 4.24. The first-order chi connectivity index (χ1) is 12.1. The molecule has 5 nitrogen and oxygen atoms in total. The zero-order valence-electron chi connectivity index (χ0n) is 13.8. The quantitative estimate of drug-likeness (QED) is 0.883. The molecule has 2 amide bonds. The van der Waals surface area contributed by atoms with Crippen LogP contribution in [0.4, 0.5) is 0 Å². The fraction of sp³-hybridized carbons (Fsp3) is 0.250. The van der Waals surface area contributed by atoms with Crippen molar-refractivity contribution in [1.82, 2.24) is 10.2 Å². The number of rotatable bonds is 6. The molecule has 1 aliphatic carbocycles. The normalized spacial score (nSPS) is 14.2. The Balaban J connectivity index is 1.75. The van der Waals surface area contributed by atoms with Gasteiger partial charge >= 0.3 is 0 Å². The summed E-state index contributed by atoms with van der Waals surface area (Å²) in [5.41, 5.74) is 0.749. The van der Waals surface area contributed by atoms with E-state index >= 15 is 0 Å². The number of nitrogens with zero attached hydrogens (tertiary/aromatic N) is 2. The van der Waals surface area contributed by atoms with Crippen LogP contribution < -0.4 is 5.32 Å². The molecular weight excluding hydrogens is 314 g/mol. The van der Waals surface area contributed by atoms with E-state index in [0.717, 1.165) is 5.56 Å². The summed E-state index contributed by atoms with van der Waals surface area (Å²) in [4.78, 5) is 26.7. The Bertz CT molecular complexity index is 793. The first-order valence-electron chi connectivity index (χ1n) is 8.22. The number of carbonyl (C=O) groups is 2. The molecule has 1 fully saturated rings. The van der Waals surface area contributed by atoms with Crippen molar-refractivity contribution < 1.29 is 9.59 Å². The SMILES string of the molecule is N#CC1(NC(=O)CN(Cc2ccccc2)C(=O)c2ccccc2)CC1. The van der Waals surface area contributed by atoms with E-state index in [2.05, 4.69) is 11.4 Å². The van der Waals surface area contributed by atoms with E-state index in [-0.39, 0.29) is 18.4 Å². The zero-order chi connectivity index (χ0) is 17.7. The number of hydrogen-bond acceptors (Lipinski definition) is 3. The van der Waals surface area contributed by atoms with Crippen molar-refractivity contribution >= 4 is 11.8 Å². The second-order valence-electron chi connectivity index (χ2n) is 6.25. The summed E-state index contributed by atoms with van der Waals surface area (Å²) in [5, 5.41) is 11.9. The predicted octanol–water partition coefficient (Wildman–Crippen LogP) is 2.50. The molecule has 25 heavy (non-hydrogen) atoms. The molecule has 126 valence electrons. The van der Waals surface area contributed by atoms with Gasteiger partial charge in [0.15, 0.2) is 0 Å². The molecule has 0 unspecified atom stereocenters. The fourth-order valence-corrected chi connectivity index (χ4v) is 2.64. The van der Waals surface area contributed by atoms with Gasteiger partial charge < -0.3 is 10.2 Å². The third-order valence-corrected chi connectivity index (χ3v) is 4.20. The molecule has 1 saturated carbocycles. The second kappa shape index (κ2) is 7.18. The van der Waals surface area contributed by atoms with Crippen LogP contribution in [-0.4, -0.2) is 28.8 Å². The van der Waals surface area contributed by atoms with Crippen molar-refractivity contribution in [3.05, 3.63) is 71.8 Å². The third-order valence-electron chi connectivity index (χ3n) is 4.20. The predicted molar refractivity (Wildman–Crippen MR) is 93.3 cm³/mol. The van der Waals surface area contributed by atoms with Crippen LogP contribution in [0.3, 0.4) is 0 Å². The van der Waals surface area contributed by atoms with Gasteiger partial charge in [-0.05, 0) is 30.5 Å². The molecule has 0 aliphatic heterocycles. The highest BCUT2D eigenvalue weighted by molar-refractivity contribution is 5.96. The average molecular weight is 333 g/mol. The maximum atomic E-state index is 12.8. The molecule has 3 rings (SSSR count). The van der Waals surface area contributed by atoms with Crippen molar-refractivity contribution in [1.29, 1.82) is 5.26 Å². The Kier molecular flexibility index (Phi) is 4.80. The molecule has 2 aromatic rings. The maximum Gasteiger partial charge on any atom is 0.254 e. The number of carbonyl (C=O) groups excluding carboxylic acids is 2. The van der Waals surface area contributed by atoms with Crippen LogP contribution in [0.15, 0.2) is 60.7 Å². The van der Waals surface area contributed by atoms with Crippen LogP contribution in [0.25, 0.3) is 0 Å². The Labute approximate surface area is 146 Å². The molecular formula is C20H19N3O2. The van der Waals surface area contributed by atoms with Crippen molar-refractivity contribution in [2.24, 2.45) is 0 Å². The monoisotopic (exact) mass is 333 g/mol. The Hall–Kier alpha value is -3.13. The van der Waals surface area contributed by atoms with E-state index in [9.17, 15) is 9.59 Å². The zero-order valence-corrected chi connectivity index (χ0v) is 13.8. The van der Waals surface area contributed by atoms with Crippen LogP contribution in [-0.2, 0) is 11.3 Å². The molecule has 1 aliphatic rings. The van der Waals surface area contributed by atoms with Gasteiger partial charge in [0.25, 0.3) is 5.91 Å². The Morgan fingerprint density at radius 2 is 1.64 bits per heavy atom. The second-order valence-corrected chi connectivity index (χ2v) is 6.25. The van der Waals surface area contributed by atoms with Gasteiger partial charge in [-0.3, -0.25) is 9.59 Å². The summed E-state index contributed by atoms with van der Waals surface area (Å²) < 4.78 is 0. The van der Waals surface area contributed by atoms with E-state index in [1.807, 2.05) is 36.4 Å². The first kappa shape index (κ1) is 16.7. The lowest BCUT2D eigenvalue weighted by Crippen LogP contribution is -2.44. The van der Waals surface area contributed by atoms with Gasteiger partial charge in [-0.2, -0.15) is 5.26 Å². The summed E-state index contributed by atoms with van der Waals surface area (Å²) in [6, 6.07) is 20.6. The highest BCUT2D eigenvalue weighted by Crippen LogP contribution is 2.34. The number of benzene rings is 2. The van der Waals surface area contributed by atoms with Gasteiger partial charge in [0.2, 0.25) is 5.91 Å². The highest BCUT2D eigenvalue weighted by atomic mass is 16.2. The molecule has 0 aromatic heterocycles. The highest BCUT2D eigenvalue weighted by Gasteiger charge is 2.44. The molecule has 0 saturated heterocycles. The smallest absolute Gasteiger partial charge is 0.254 e. The Morgan fingerprint density at radius 3 is 2.20 bits per heavy atom. The van der Waals surface area contributed by atoms with Gasteiger partial charge in [0.1, 0.15) is 12.1 Å². The molecule has 0 atom stereocenters. The first-order valence-corrected chi connectivity index (χ1v) is 8.22. The van der Waals surface area contributed by atoms with E-state index in [1.54, 1.807) is 24.3 Å². The number of hydrogen-bond donors (Lipinski definition) is 1. The minimum atomic E-state index is -0.731. The van der Waals surface area contributed by atoms with Gasteiger partial charge in [0, 0.05) is 12.1 Å². The van der Waals surface area contributed by atoms with Gasteiger partial charge in [-0.1, -0.05) is 48.5 Å². The topological polar surface area (TPSA) is 73.2 Å². The minimum Gasteiger partial charge on any atom is -0.336 e. The molecule has 1 N–H and O–H groups in total. The van der Waals surface area contributed by atoms with E-state index in [0.29, 0.717) is 24.9 Å². The van der Waals surface area contributed by atoms with E-state index in [1.165, 1.54) is 4.90 Å². The van der Waals surface area contributed by atoms with Crippen LogP contribution in [0.1, 0.15) is 28.8 Å². The average Bonchev–Trinajstić information content (AvgIpc) is 3.42. The largest absolute Gasteiger partial charge is 0.336 e. The maximum absolute atomic E-state index is 12.8. The molecule has 5 heteroatoms. The molecule has 0 bridgehead atoms. The van der Waals surface area contributed by atoms with Crippen LogP contribution in [0, 0.1) is 11.3 Å². The van der Waals surface area contributed by atoms with Crippen LogP contribution >= 0.6 is 0 Å². The minimum absolute atomic E-state index is 0.0773. The summed E-state index contributed by atoms with van der Waals surface area (Å²) >= 11 is 0. The lowest BCUT2D eigenvalue weighted by molar-refractivity contribution is -0.122. The van der Waals surface area contributed by atoms with Crippen molar-refractivity contribution in [3.63, 3.8) is 0 Å². The number of amides is 2. The van der Waals surface area contributed by atoms with E-state index in [4.69, 9.17) is 5.26 Å². The summed E-state index contributed by atoms with van der Waals surface area (Å²) in [6.45, 7) is 0.258. The van der Waals surface area contributed by atoms with Gasteiger partial charge in [-0.25, -0.2) is 0 Å². The van der Waals surface area contributed by atoms with Crippen molar-refractivity contribution in [2.75, 3.05) is 6.54 Å². The number of nitrogens with one attached hydrogen (secondary N) is 1. The Morgan fingerprint density at radius 1 is 1.04 bits per heavy atom.